The van der Waals surface area contributed by atoms with E-state index in [0.717, 1.165) is 44.1 Å². The summed E-state index contributed by atoms with van der Waals surface area (Å²) in [7, 11) is 0. The van der Waals surface area contributed by atoms with Crippen molar-refractivity contribution in [3.8, 4) is 0 Å². The van der Waals surface area contributed by atoms with Gasteiger partial charge in [0.05, 0.1) is 25.4 Å². The third kappa shape index (κ3) is 7.74. The number of hydrogen-bond acceptors (Lipinski definition) is 5. The van der Waals surface area contributed by atoms with Crippen LogP contribution < -0.4 is 0 Å². The van der Waals surface area contributed by atoms with E-state index in [2.05, 4.69) is 19.1 Å². The van der Waals surface area contributed by atoms with Gasteiger partial charge in [-0.1, -0.05) is 62.6 Å². The van der Waals surface area contributed by atoms with Crippen LogP contribution in [0.25, 0.3) is 0 Å². The first kappa shape index (κ1) is 28.5. The lowest BCUT2D eigenvalue weighted by Crippen LogP contribution is -2.39. The number of ether oxygens (including phenoxy) is 3. The number of fused-ring (bicyclic) bond motifs is 2. The fourth-order valence-corrected chi connectivity index (χ4v) is 5.55. The van der Waals surface area contributed by atoms with Gasteiger partial charge in [0.15, 0.2) is 0 Å². The first-order valence-corrected chi connectivity index (χ1v) is 13.3. The molecule has 0 unspecified atom stereocenters. The third-order valence-corrected chi connectivity index (χ3v) is 7.21. The molecule has 0 amide bonds. The molecule has 1 aliphatic carbocycles. The number of aliphatic hydroxyl groups excluding tert-OH is 1. The molecule has 5 nitrogen and oxygen atoms in total. The molecule has 3 rings (SSSR count). The molecule has 2 bridgehead atoms. The molecule has 1 saturated heterocycles. The van der Waals surface area contributed by atoms with E-state index in [1.807, 2.05) is 45.1 Å². The Bertz CT molecular complexity index is 888. The van der Waals surface area contributed by atoms with Gasteiger partial charge in [-0.2, -0.15) is 0 Å². The fourth-order valence-electron chi connectivity index (χ4n) is 5.55. The van der Waals surface area contributed by atoms with Crippen LogP contribution in [0.2, 0.25) is 0 Å². The largest absolute Gasteiger partial charge is 0.458 e. The van der Waals surface area contributed by atoms with Crippen molar-refractivity contribution in [2.75, 3.05) is 19.8 Å². The minimum absolute atomic E-state index is 0.0796. The van der Waals surface area contributed by atoms with E-state index in [0.29, 0.717) is 13.2 Å². The monoisotopic (exact) mass is 502 g/mol. The van der Waals surface area contributed by atoms with Crippen molar-refractivity contribution < 1.29 is 28.5 Å². The molecule has 200 valence electrons. The van der Waals surface area contributed by atoms with Crippen LogP contribution in [0.1, 0.15) is 71.8 Å². The Morgan fingerprint density at radius 3 is 2.69 bits per heavy atom. The van der Waals surface area contributed by atoms with Gasteiger partial charge in [0.1, 0.15) is 18.0 Å². The number of carbonyl (C=O) groups is 1. The lowest BCUT2D eigenvalue weighted by molar-refractivity contribution is -0.159. The highest BCUT2D eigenvalue weighted by atomic mass is 19.1. The van der Waals surface area contributed by atoms with Crippen molar-refractivity contribution in [2.24, 2.45) is 11.8 Å². The van der Waals surface area contributed by atoms with Gasteiger partial charge in [-0.05, 0) is 63.6 Å². The molecule has 1 aliphatic heterocycles. The molecule has 5 atom stereocenters. The summed E-state index contributed by atoms with van der Waals surface area (Å²) in [5.74, 6) is -0.201. The summed E-state index contributed by atoms with van der Waals surface area (Å²) in [6.45, 7) is 8.50. The number of esters is 1. The van der Waals surface area contributed by atoms with E-state index in [1.54, 1.807) is 0 Å². The number of unbranched alkanes of at least 4 members (excludes halogenated alkanes) is 2. The van der Waals surface area contributed by atoms with Crippen LogP contribution in [0.5, 0.6) is 0 Å². The number of aliphatic hydroxyl groups is 1. The second-order valence-corrected chi connectivity index (χ2v) is 11.2. The van der Waals surface area contributed by atoms with Crippen molar-refractivity contribution in [1.29, 1.82) is 0 Å². The molecule has 1 heterocycles. The van der Waals surface area contributed by atoms with Crippen LogP contribution >= 0.6 is 0 Å². The molecule has 6 heteroatoms. The number of rotatable bonds is 13. The Labute approximate surface area is 215 Å². The zero-order chi connectivity index (χ0) is 26.2. The maximum Gasteiger partial charge on any atom is 0.332 e. The van der Waals surface area contributed by atoms with E-state index in [4.69, 9.17) is 14.2 Å². The van der Waals surface area contributed by atoms with E-state index in [9.17, 15) is 14.3 Å². The number of carbonyl (C=O) groups excluding carboxylic acids is 1. The van der Waals surface area contributed by atoms with Crippen LogP contribution in [0, 0.1) is 17.7 Å². The Morgan fingerprint density at radius 2 is 2.00 bits per heavy atom. The lowest BCUT2D eigenvalue weighted by atomic mass is 9.69. The molecule has 1 N–H and O–H groups in total. The van der Waals surface area contributed by atoms with E-state index in [1.165, 1.54) is 12.1 Å². The van der Waals surface area contributed by atoms with Crippen molar-refractivity contribution >= 4 is 5.97 Å². The number of halogens is 1. The maximum atomic E-state index is 13.7. The van der Waals surface area contributed by atoms with Gasteiger partial charge in [0.25, 0.3) is 0 Å². The van der Waals surface area contributed by atoms with Crippen molar-refractivity contribution in [2.45, 2.75) is 89.4 Å². The molecule has 2 aliphatic rings. The molecule has 2 fully saturated rings. The van der Waals surface area contributed by atoms with Crippen LogP contribution in [-0.4, -0.2) is 48.7 Å². The summed E-state index contributed by atoms with van der Waals surface area (Å²) in [4.78, 5) is 11.8. The highest BCUT2D eigenvalue weighted by Gasteiger charge is 2.58. The number of hydrogen-bond donors (Lipinski definition) is 1. The van der Waals surface area contributed by atoms with Gasteiger partial charge >= 0.3 is 5.97 Å². The highest BCUT2D eigenvalue weighted by molar-refractivity contribution is 5.71. The molecule has 1 aromatic rings. The van der Waals surface area contributed by atoms with Gasteiger partial charge in [-0.3, -0.25) is 0 Å². The van der Waals surface area contributed by atoms with Gasteiger partial charge in [-0.15, -0.1) is 0 Å². The number of benzene rings is 1. The molecule has 1 aromatic carbocycles. The lowest BCUT2D eigenvalue weighted by Gasteiger charge is -2.38. The van der Waals surface area contributed by atoms with Crippen LogP contribution in [0.4, 0.5) is 4.39 Å². The summed E-state index contributed by atoms with van der Waals surface area (Å²) < 4.78 is 30.6. The summed E-state index contributed by atoms with van der Waals surface area (Å²) in [5.41, 5.74) is 0.383. The second kappa shape index (κ2) is 13.0. The Balaban J connectivity index is 1.66. The minimum atomic E-state index is -0.527. The standard InChI is InChI=1S/C30H43FO5/c1-5-6-7-10-24(32)16-17-25-26(11-8-9-18-34-20-28(33)36-29(2,3)4)30(19-27(25)35-21-30)22-12-14-23(31)15-13-22/h8-9,12-17,24-27,32H,5-7,10-11,18-21H2,1-4H3/b9-8+,17-16+/t24-,25-,26-,27-,30-/m0/s1. The highest BCUT2D eigenvalue weighted by Crippen LogP contribution is 2.57. The first-order chi connectivity index (χ1) is 17.1. The van der Waals surface area contributed by atoms with Crippen molar-refractivity contribution in [3.05, 3.63) is 60.0 Å². The minimum Gasteiger partial charge on any atom is -0.458 e. The van der Waals surface area contributed by atoms with E-state index >= 15 is 0 Å². The van der Waals surface area contributed by atoms with Crippen LogP contribution in [-0.2, 0) is 24.4 Å². The first-order valence-electron chi connectivity index (χ1n) is 13.3. The Morgan fingerprint density at radius 1 is 1.25 bits per heavy atom. The molecule has 0 spiro atoms. The Kier molecular flexibility index (Phi) is 10.3. The normalized spacial score (nSPS) is 26.8. The summed E-state index contributed by atoms with van der Waals surface area (Å²) in [6, 6.07) is 6.81. The summed E-state index contributed by atoms with van der Waals surface area (Å²) >= 11 is 0. The molecule has 0 aromatic heterocycles. The molecular weight excluding hydrogens is 459 g/mol. The second-order valence-electron chi connectivity index (χ2n) is 11.2. The predicted molar refractivity (Wildman–Crippen MR) is 139 cm³/mol. The average molecular weight is 503 g/mol. The van der Waals surface area contributed by atoms with E-state index in [-0.39, 0.29) is 41.7 Å². The quantitative estimate of drug-likeness (QED) is 0.207. The van der Waals surface area contributed by atoms with E-state index < -0.39 is 11.7 Å². The fraction of sp³-hybridized carbons (Fsp3) is 0.633. The van der Waals surface area contributed by atoms with Crippen LogP contribution in [0.15, 0.2) is 48.6 Å². The van der Waals surface area contributed by atoms with Gasteiger partial charge in [-0.25, -0.2) is 9.18 Å². The number of allylic oxidation sites excluding steroid dienone is 1. The Hall–Kier alpha value is -2.02. The predicted octanol–water partition coefficient (Wildman–Crippen LogP) is 5.90. The molecule has 0 radical (unpaired) electrons. The van der Waals surface area contributed by atoms with Crippen molar-refractivity contribution in [1.82, 2.24) is 0 Å². The zero-order valence-electron chi connectivity index (χ0n) is 22.3. The maximum absolute atomic E-state index is 13.7. The van der Waals surface area contributed by atoms with Crippen molar-refractivity contribution in [3.63, 3.8) is 0 Å². The van der Waals surface area contributed by atoms with Gasteiger partial charge in [0.2, 0.25) is 0 Å². The van der Waals surface area contributed by atoms with Gasteiger partial charge < -0.3 is 19.3 Å². The summed E-state index contributed by atoms with van der Waals surface area (Å²) in [5, 5.41) is 10.5. The summed E-state index contributed by atoms with van der Waals surface area (Å²) in [6.07, 6.45) is 13.5. The van der Waals surface area contributed by atoms with Gasteiger partial charge in [0, 0.05) is 11.3 Å². The molecule has 36 heavy (non-hydrogen) atoms. The average Bonchev–Trinajstić information content (AvgIpc) is 3.37. The topological polar surface area (TPSA) is 65.0 Å². The molecule has 1 saturated carbocycles. The van der Waals surface area contributed by atoms with Crippen LogP contribution in [0.3, 0.4) is 0 Å². The zero-order valence-corrected chi connectivity index (χ0v) is 22.3. The molecular formula is C30H43FO5. The smallest absolute Gasteiger partial charge is 0.332 e. The SMILES string of the molecule is CCCCC[C@H](O)/C=C/[C@@H]1[C@@H]2C[C@@](c3ccc(F)cc3)(CO2)[C@H]1C/C=C/COCC(=O)OC(C)(C)C. The third-order valence-electron chi connectivity index (χ3n) is 7.21.